The van der Waals surface area contributed by atoms with Crippen molar-refractivity contribution in [1.29, 1.82) is 0 Å². The number of hydrogen-bond acceptors (Lipinski definition) is 2. The molecule has 1 heterocycles. The van der Waals surface area contributed by atoms with Crippen LogP contribution in [0.4, 0.5) is 0 Å². The predicted octanol–water partition coefficient (Wildman–Crippen LogP) is 2.05. The van der Waals surface area contributed by atoms with Gasteiger partial charge in [-0.1, -0.05) is 24.3 Å². The van der Waals surface area contributed by atoms with E-state index in [0.29, 0.717) is 18.5 Å². The van der Waals surface area contributed by atoms with Crippen LogP contribution in [0.15, 0.2) is 24.3 Å². The van der Waals surface area contributed by atoms with Crippen LogP contribution >= 0.6 is 0 Å². The van der Waals surface area contributed by atoms with Gasteiger partial charge < -0.3 is 10.6 Å². The fourth-order valence-corrected chi connectivity index (χ4v) is 4.59. The van der Waals surface area contributed by atoms with Crippen molar-refractivity contribution in [3.8, 4) is 0 Å². The van der Waals surface area contributed by atoms with Crippen molar-refractivity contribution < 1.29 is 4.79 Å². The molecule has 4 rings (SSSR count). The van der Waals surface area contributed by atoms with Gasteiger partial charge in [0.1, 0.15) is 0 Å². The minimum atomic E-state index is 0.220. The highest BCUT2D eigenvalue weighted by molar-refractivity contribution is 5.78. The van der Waals surface area contributed by atoms with Gasteiger partial charge >= 0.3 is 0 Å². The number of rotatable bonds is 3. The summed E-state index contributed by atoms with van der Waals surface area (Å²) in [6.45, 7) is 0.944. The van der Waals surface area contributed by atoms with Crippen LogP contribution in [0.5, 0.6) is 0 Å². The number of carbonyl (C=O) groups excluding carboxylic acids is 1. The van der Waals surface area contributed by atoms with Crippen LogP contribution in [0.1, 0.15) is 36.8 Å². The molecular weight excluding hydrogens is 260 g/mol. The standard InChI is InChI=1S/C18H24N2O/c21-17-8-7-16(20-17)11-19-18-14-5-6-15(18)10-13-4-2-1-3-12(13)9-14/h1-4,14-16,18-19H,5-11H2,(H,20,21). The summed E-state index contributed by atoms with van der Waals surface area (Å²) in [5, 5.41) is 6.88. The molecule has 1 amide bonds. The lowest BCUT2D eigenvalue weighted by Gasteiger charge is -2.25. The average molecular weight is 284 g/mol. The molecule has 3 heteroatoms. The minimum absolute atomic E-state index is 0.220. The number of benzene rings is 1. The molecule has 0 radical (unpaired) electrons. The van der Waals surface area contributed by atoms with E-state index in [2.05, 4.69) is 34.9 Å². The normalized spacial score (nSPS) is 34.4. The van der Waals surface area contributed by atoms with E-state index in [4.69, 9.17) is 0 Å². The van der Waals surface area contributed by atoms with E-state index in [-0.39, 0.29) is 5.91 Å². The van der Waals surface area contributed by atoms with Crippen molar-refractivity contribution in [2.24, 2.45) is 11.8 Å². The van der Waals surface area contributed by atoms with Gasteiger partial charge in [0.2, 0.25) is 5.91 Å². The van der Waals surface area contributed by atoms with Gasteiger partial charge in [-0.15, -0.1) is 0 Å². The maximum Gasteiger partial charge on any atom is 0.220 e. The third-order valence-electron chi connectivity index (χ3n) is 5.69. The Labute approximate surface area is 126 Å². The Morgan fingerprint density at radius 1 is 1.05 bits per heavy atom. The van der Waals surface area contributed by atoms with Crippen molar-refractivity contribution in [3.05, 3.63) is 35.4 Å². The summed E-state index contributed by atoms with van der Waals surface area (Å²) in [6.07, 6.45) is 6.85. The quantitative estimate of drug-likeness (QED) is 0.892. The Balaban J connectivity index is 1.44. The molecule has 2 fully saturated rings. The van der Waals surface area contributed by atoms with Crippen molar-refractivity contribution in [2.45, 2.75) is 50.6 Å². The fourth-order valence-electron chi connectivity index (χ4n) is 4.59. The van der Waals surface area contributed by atoms with E-state index in [9.17, 15) is 4.79 Å². The molecule has 0 spiro atoms. The number of carbonyl (C=O) groups is 1. The molecule has 1 saturated carbocycles. The van der Waals surface area contributed by atoms with Crippen LogP contribution in [0.3, 0.4) is 0 Å². The van der Waals surface area contributed by atoms with Gasteiger partial charge in [-0.2, -0.15) is 0 Å². The molecule has 0 aromatic heterocycles. The van der Waals surface area contributed by atoms with Crippen molar-refractivity contribution >= 4 is 5.91 Å². The number of nitrogens with one attached hydrogen (secondary N) is 2. The number of amides is 1. The number of hydrogen-bond donors (Lipinski definition) is 2. The molecule has 112 valence electrons. The molecule has 3 nitrogen and oxygen atoms in total. The van der Waals surface area contributed by atoms with E-state index in [0.717, 1.165) is 24.8 Å². The maximum atomic E-state index is 11.3. The van der Waals surface area contributed by atoms with Crippen LogP contribution in [-0.4, -0.2) is 24.5 Å². The summed E-state index contributed by atoms with van der Waals surface area (Å²) < 4.78 is 0. The molecule has 3 unspecified atom stereocenters. The monoisotopic (exact) mass is 284 g/mol. The van der Waals surface area contributed by atoms with Gasteiger partial charge in [0, 0.05) is 25.0 Å². The van der Waals surface area contributed by atoms with Gasteiger partial charge in [0.25, 0.3) is 0 Å². The molecule has 21 heavy (non-hydrogen) atoms. The van der Waals surface area contributed by atoms with E-state index in [1.54, 1.807) is 11.1 Å². The summed E-state index contributed by atoms with van der Waals surface area (Å²) in [4.78, 5) is 11.3. The largest absolute Gasteiger partial charge is 0.352 e. The van der Waals surface area contributed by atoms with Crippen LogP contribution in [0.25, 0.3) is 0 Å². The van der Waals surface area contributed by atoms with Gasteiger partial charge in [0.05, 0.1) is 0 Å². The third kappa shape index (κ3) is 2.59. The first kappa shape index (κ1) is 13.3. The second-order valence-electron chi connectivity index (χ2n) is 7.01. The summed E-state index contributed by atoms with van der Waals surface area (Å²) in [7, 11) is 0. The van der Waals surface area contributed by atoms with E-state index in [1.165, 1.54) is 25.7 Å². The summed E-state index contributed by atoms with van der Waals surface area (Å²) in [6, 6.07) is 9.95. The second kappa shape index (κ2) is 5.45. The van der Waals surface area contributed by atoms with Crippen LogP contribution in [0.2, 0.25) is 0 Å². The van der Waals surface area contributed by atoms with Gasteiger partial charge in [-0.05, 0) is 55.1 Å². The van der Waals surface area contributed by atoms with E-state index < -0.39 is 0 Å². The highest BCUT2D eigenvalue weighted by Gasteiger charge is 2.39. The van der Waals surface area contributed by atoms with Gasteiger partial charge in [-0.3, -0.25) is 4.79 Å². The highest BCUT2D eigenvalue weighted by Crippen LogP contribution is 2.40. The SMILES string of the molecule is O=C1CCC(CNC2C3CCC2Cc2ccccc2C3)N1. The molecule has 1 saturated heterocycles. The Kier molecular flexibility index (Phi) is 3.46. The minimum Gasteiger partial charge on any atom is -0.352 e. The molecule has 1 aliphatic heterocycles. The molecule has 3 atom stereocenters. The molecular formula is C18H24N2O. The van der Waals surface area contributed by atoms with Crippen molar-refractivity contribution in [3.63, 3.8) is 0 Å². The van der Waals surface area contributed by atoms with Crippen molar-refractivity contribution in [1.82, 2.24) is 10.6 Å². The molecule has 2 aliphatic carbocycles. The highest BCUT2D eigenvalue weighted by atomic mass is 16.1. The average Bonchev–Trinajstić information content (AvgIpc) is 2.99. The molecule has 2 bridgehead atoms. The number of fused-ring (bicyclic) bond motifs is 3. The first-order valence-electron chi connectivity index (χ1n) is 8.39. The maximum absolute atomic E-state index is 11.3. The van der Waals surface area contributed by atoms with E-state index in [1.807, 2.05) is 0 Å². The van der Waals surface area contributed by atoms with Crippen LogP contribution < -0.4 is 10.6 Å². The van der Waals surface area contributed by atoms with Crippen molar-refractivity contribution in [2.75, 3.05) is 6.54 Å². The summed E-state index contributed by atoms with van der Waals surface area (Å²) in [5.74, 6) is 1.77. The Morgan fingerprint density at radius 2 is 1.71 bits per heavy atom. The molecule has 1 aromatic carbocycles. The molecule has 2 N–H and O–H groups in total. The summed E-state index contributed by atoms with van der Waals surface area (Å²) >= 11 is 0. The van der Waals surface area contributed by atoms with Gasteiger partial charge in [0.15, 0.2) is 0 Å². The lowest BCUT2D eigenvalue weighted by Crippen LogP contribution is -2.44. The van der Waals surface area contributed by atoms with Crippen LogP contribution in [0, 0.1) is 11.8 Å². The topological polar surface area (TPSA) is 41.1 Å². The zero-order valence-corrected chi connectivity index (χ0v) is 12.5. The molecule has 1 aromatic rings. The zero-order chi connectivity index (χ0) is 14.2. The third-order valence-corrected chi connectivity index (χ3v) is 5.69. The van der Waals surface area contributed by atoms with Gasteiger partial charge in [-0.25, -0.2) is 0 Å². The first-order chi connectivity index (χ1) is 10.3. The fraction of sp³-hybridized carbons (Fsp3) is 0.611. The lowest BCUT2D eigenvalue weighted by atomic mass is 9.94. The predicted molar refractivity (Wildman–Crippen MR) is 83.0 cm³/mol. The second-order valence-corrected chi connectivity index (χ2v) is 7.01. The Hall–Kier alpha value is -1.35. The smallest absolute Gasteiger partial charge is 0.220 e. The first-order valence-corrected chi connectivity index (χ1v) is 8.39. The summed E-state index contributed by atoms with van der Waals surface area (Å²) in [5.41, 5.74) is 3.12. The zero-order valence-electron chi connectivity index (χ0n) is 12.5. The molecule has 3 aliphatic rings. The Morgan fingerprint density at radius 3 is 2.29 bits per heavy atom. The van der Waals surface area contributed by atoms with Crippen LogP contribution in [-0.2, 0) is 17.6 Å². The van der Waals surface area contributed by atoms with E-state index >= 15 is 0 Å². The Bertz CT molecular complexity index is 509. The lowest BCUT2D eigenvalue weighted by molar-refractivity contribution is -0.119.